The van der Waals surface area contributed by atoms with Crippen LogP contribution in [0, 0.1) is 0 Å². The summed E-state index contributed by atoms with van der Waals surface area (Å²) in [6.45, 7) is 6.27. The van der Waals surface area contributed by atoms with Crippen molar-refractivity contribution in [2.24, 2.45) is 0 Å². The van der Waals surface area contributed by atoms with Crippen molar-refractivity contribution >= 4 is 22.9 Å². The molecule has 0 fully saturated rings. The van der Waals surface area contributed by atoms with Crippen molar-refractivity contribution < 1.29 is 14.3 Å². The number of ether oxygens (including phenoxy) is 1. The number of likely N-dealkylation sites (N-methyl/N-ethyl adjacent to an activating group) is 1. The first kappa shape index (κ1) is 20.5. The number of aromatic nitrogens is 3. The Kier molecular flexibility index (Phi) is 6.26. The van der Waals surface area contributed by atoms with Gasteiger partial charge in [-0.05, 0) is 37.5 Å². The van der Waals surface area contributed by atoms with Crippen LogP contribution in [0.2, 0.25) is 0 Å². The lowest BCUT2D eigenvalue weighted by Gasteiger charge is -2.17. The Morgan fingerprint density at radius 2 is 1.83 bits per heavy atom. The first-order valence-corrected chi connectivity index (χ1v) is 9.71. The topological polar surface area (TPSA) is 77.3 Å². The Balaban J connectivity index is 1.57. The molecule has 3 aromatic rings. The summed E-state index contributed by atoms with van der Waals surface area (Å²) in [4.78, 5) is 30.5. The Hall–Kier alpha value is -3.22. The quantitative estimate of drug-likeness (QED) is 0.574. The van der Waals surface area contributed by atoms with E-state index in [-0.39, 0.29) is 18.6 Å². The Morgan fingerprint density at radius 3 is 2.48 bits per heavy atom. The summed E-state index contributed by atoms with van der Waals surface area (Å²) in [7, 11) is 1.69. The number of nitrogens with zero attached hydrogens (tertiary/aromatic N) is 4. The third-order valence-corrected chi connectivity index (χ3v) is 4.76. The summed E-state index contributed by atoms with van der Waals surface area (Å²) < 4.78 is 6.98. The number of aryl methyl sites for hydroxylation is 1. The molecule has 0 unspecified atom stereocenters. The zero-order valence-electron chi connectivity index (χ0n) is 17.3. The number of rotatable bonds is 7. The Bertz CT molecular complexity index is 1010. The van der Waals surface area contributed by atoms with E-state index in [0.717, 1.165) is 17.4 Å². The van der Waals surface area contributed by atoms with Crippen molar-refractivity contribution in [1.82, 2.24) is 19.7 Å². The van der Waals surface area contributed by atoms with Gasteiger partial charge in [0.25, 0.3) is 5.91 Å². The largest absolute Gasteiger partial charge is 0.452 e. The van der Waals surface area contributed by atoms with Gasteiger partial charge >= 0.3 is 5.97 Å². The predicted molar refractivity (Wildman–Crippen MR) is 110 cm³/mol. The van der Waals surface area contributed by atoms with E-state index in [1.54, 1.807) is 28.9 Å². The molecular formula is C22H26N4O3. The highest BCUT2D eigenvalue weighted by atomic mass is 16.5. The summed E-state index contributed by atoms with van der Waals surface area (Å²) in [5.74, 6) is -0.842. The first-order valence-electron chi connectivity index (χ1n) is 9.71. The van der Waals surface area contributed by atoms with E-state index >= 15 is 0 Å². The molecule has 1 aromatic carbocycles. The van der Waals surface area contributed by atoms with Crippen molar-refractivity contribution in [1.29, 1.82) is 0 Å². The SMILES string of the molecule is CCc1ccc(CN(C)C(=O)COC(=O)c2cnc3c(cnn3C(C)C)c2)cc1. The molecule has 2 heterocycles. The van der Waals surface area contributed by atoms with Crippen LogP contribution in [0.3, 0.4) is 0 Å². The summed E-state index contributed by atoms with van der Waals surface area (Å²) in [5, 5.41) is 5.04. The smallest absolute Gasteiger partial charge is 0.340 e. The molecule has 0 bridgehead atoms. The average molecular weight is 394 g/mol. The molecule has 1 amide bonds. The molecule has 7 nitrogen and oxygen atoms in total. The van der Waals surface area contributed by atoms with Crippen LogP contribution in [0.4, 0.5) is 0 Å². The van der Waals surface area contributed by atoms with Gasteiger partial charge < -0.3 is 9.64 Å². The van der Waals surface area contributed by atoms with E-state index in [0.29, 0.717) is 17.8 Å². The van der Waals surface area contributed by atoms with E-state index in [1.165, 1.54) is 11.8 Å². The van der Waals surface area contributed by atoms with Crippen molar-refractivity contribution in [2.75, 3.05) is 13.7 Å². The highest BCUT2D eigenvalue weighted by molar-refractivity contribution is 5.94. The van der Waals surface area contributed by atoms with Crippen LogP contribution in [0.5, 0.6) is 0 Å². The van der Waals surface area contributed by atoms with Gasteiger partial charge in [0.2, 0.25) is 0 Å². The molecule has 7 heteroatoms. The maximum absolute atomic E-state index is 12.3. The van der Waals surface area contributed by atoms with Crippen LogP contribution < -0.4 is 0 Å². The van der Waals surface area contributed by atoms with Gasteiger partial charge in [-0.3, -0.25) is 4.79 Å². The van der Waals surface area contributed by atoms with Gasteiger partial charge in [0.1, 0.15) is 0 Å². The number of amides is 1. The van der Waals surface area contributed by atoms with E-state index < -0.39 is 5.97 Å². The van der Waals surface area contributed by atoms with Gasteiger partial charge in [-0.1, -0.05) is 31.2 Å². The molecule has 0 saturated carbocycles. The highest BCUT2D eigenvalue weighted by Crippen LogP contribution is 2.17. The molecule has 0 N–H and O–H groups in total. The number of hydrogen-bond acceptors (Lipinski definition) is 5. The highest BCUT2D eigenvalue weighted by Gasteiger charge is 2.16. The van der Waals surface area contributed by atoms with Crippen LogP contribution in [0.25, 0.3) is 11.0 Å². The number of esters is 1. The predicted octanol–water partition coefficient (Wildman–Crippen LogP) is 3.39. The molecule has 0 aliphatic carbocycles. The fourth-order valence-electron chi connectivity index (χ4n) is 2.99. The number of carbonyl (C=O) groups is 2. The maximum atomic E-state index is 12.3. The molecule has 3 rings (SSSR count). The van der Waals surface area contributed by atoms with Gasteiger partial charge in [-0.2, -0.15) is 5.10 Å². The molecule has 0 spiro atoms. The van der Waals surface area contributed by atoms with Crippen LogP contribution in [-0.2, 0) is 22.5 Å². The molecule has 0 aliphatic heterocycles. The molecule has 2 aromatic heterocycles. The Labute approximate surface area is 170 Å². The molecule has 0 saturated heterocycles. The molecular weight excluding hydrogens is 368 g/mol. The van der Waals surface area contributed by atoms with Crippen LogP contribution in [0.1, 0.15) is 48.3 Å². The second-order valence-corrected chi connectivity index (χ2v) is 7.32. The molecule has 0 aliphatic rings. The lowest BCUT2D eigenvalue weighted by Crippen LogP contribution is -2.30. The summed E-state index contributed by atoms with van der Waals surface area (Å²) in [5.41, 5.74) is 3.29. The van der Waals surface area contributed by atoms with E-state index in [2.05, 4.69) is 29.1 Å². The third kappa shape index (κ3) is 4.80. The van der Waals surface area contributed by atoms with Gasteiger partial charge in [-0.25, -0.2) is 14.5 Å². The second-order valence-electron chi connectivity index (χ2n) is 7.32. The third-order valence-electron chi connectivity index (χ3n) is 4.76. The van der Waals surface area contributed by atoms with Gasteiger partial charge in [0, 0.05) is 31.2 Å². The van der Waals surface area contributed by atoms with Gasteiger partial charge in [0.05, 0.1) is 11.8 Å². The van der Waals surface area contributed by atoms with Crippen LogP contribution in [0.15, 0.2) is 42.7 Å². The maximum Gasteiger partial charge on any atom is 0.340 e. The molecule has 152 valence electrons. The molecule has 0 radical (unpaired) electrons. The van der Waals surface area contributed by atoms with Crippen LogP contribution in [-0.4, -0.2) is 45.2 Å². The fraction of sp³-hybridized carbons (Fsp3) is 0.364. The van der Waals surface area contributed by atoms with Crippen LogP contribution >= 0.6 is 0 Å². The monoisotopic (exact) mass is 394 g/mol. The van der Waals surface area contributed by atoms with Crippen molar-refractivity contribution in [3.8, 4) is 0 Å². The molecule has 0 atom stereocenters. The number of fused-ring (bicyclic) bond motifs is 1. The Morgan fingerprint density at radius 1 is 1.14 bits per heavy atom. The fourth-order valence-corrected chi connectivity index (χ4v) is 2.99. The zero-order chi connectivity index (χ0) is 21.0. The minimum Gasteiger partial charge on any atom is -0.452 e. The average Bonchev–Trinajstić information content (AvgIpc) is 3.15. The lowest BCUT2D eigenvalue weighted by molar-refractivity contribution is -0.133. The minimum atomic E-state index is -0.578. The normalized spacial score (nSPS) is 11.1. The van der Waals surface area contributed by atoms with E-state index in [4.69, 9.17) is 4.74 Å². The first-order chi connectivity index (χ1) is 13.9. The molecule has 29 heavy (non-hydrogen) atoms. The number of pyridine rings is 1. The minimum absolute atomic E-state index is 0.170. The standard InChI is InChI=1S/C22H26N4O3/c1-5-16-6-8-17(9-7-16)13-25(4)20(27)14-29-22(28)19-10-18-12-24-26(15(2)3)21(18)23-11-19/h6-12,15H,5,13-14H2,1-4H3. The summed E-state index contributed by atoms with van der Waals surface area (Å²) in [6.07, 6.45) is 4.10. The van der Waals surface area contributed by atoms with E-state index in [9.17, 15) is 9.59 Å². The number of carbonyl (C=O) groups excluding carboxylic acids is 2. The number of benzene rings is 1. The number of hydrogen-bond donors (Lipinski definition) is 0. The summed E-state index contributed by atoms with van der Waals surface area (Å²) >= 11 is 0. The van der Waals surface area contributed by atoms with Gasteiger partial charge in [0.15, 0.2) is 12.3 Å². The van der Waals surface area contributed by atoms with Gasteiger partial charge in [-0.15, -0.1) is 0 Å². The summed E-state index contributed by atoms with van der Waals surface area (Å²) in [6, 6.07) is 9.97. The lowest BCUT2D eigenvalue weighted by atomic mass is 10.1. The van der Waals surface area contributed by atoms with Crippen molar-refractivity contribution in [3.63, 3.8) is 0 Å². The van der Waals surface area contributed by atoms with E-state index in [1.807, 2.05) is 26.0 Å². The van der Waals surface area contributed by atoms with Crippen molar-refractivity contribution in [3.05, 3.63) is 59.4 Å². The zero-order valence-corrected chi connectivity index (χ0v) is 17.3. The van der Waals surface area contributed by atoms with Crippen molar-refractivity contribution in [2.45, 2.75) is 39.8 Å². The second kappa shape index (κ2) is 8.86.